The van der Waals surface area contributed by atoms with Crippen molar-refractivity contribution in [2.45, 2.75) is 4.90 Å². The van der Waals surface area contributed by atoms with Gasteiger partial charge in [0.05, 0.1) is 11.6 Å². The second-order valence-electron chi connectivity index (χ2n) is 6.33. The van der Waals surface area contributed by atoms with Crippen molar-refractivity contribution in [3.8, 4) is 5.75 Å². The highest BCUT2D eigenvalue weighted by Crippen LogP contribution is 2.38. The summed E-state index contributed by atoms with van der Waals surface area (Å²) in [7, 11) is -3.96. The minimum absolute atomic E-state index is 0.0310. The molecule has 0 saturated carbocycles. The molecule has 0 aliphatic carbocycles. The van der Waals surface area contributed by atoms with E-state index in [1.807, 2.05) is 0 Å². The predicted molar refractivity (Wildman–Crippen MR) is 103 cm³/mol. The molecule has 28 heavy (non-hydrogen) atoms. The maximum atomic E-state index is 12.7. The van der Waals surface area contributed by atoms with Crippen LogP contribution in [0.2, 0.25) is 10.0 Å². The summed E-state index contributed by atoms with van der Waals surface area (Å²) in [6, 6.07) is 10.2. The molecule has 3 rings (SSSR count). The molecule has 0 radical (unpaired) electrons. The summed E-state index contributed by atoms with van der Waals surface area (Å²) in [6.45, 7) is 6.22. The summed E-state index contributed by atoms with van der Waals surface area (Å²) in [6.07, 6.45) is 0. The van der Waals surface area contributed by atoms with E-state index in [2.05, 4.69) is 4.85 Å². The smallest absolute Gasteiger partial charge is 0.315 e. The number of ether oxygens (including phenoxy) is 1. The molecular formula is C18H14Cl2N2O5S. The second kappa shape index (κ2) is 7.60. The first-order valence-corrected chi connectivity index (χ1v) is 10.2. The fraction of sp³-hybridized carbons (Fsp3) is 0.222. The van der Waals surface area contributed by atoms with Gasteiger partial charge >= 0.3 is 5.97 Å². The molecule has 10 heteroatoms. The summed E-state index contributed by atoms with van der Waals surface area (Å²) in [5, 5.41) is 9.87. The Kier molecular flexibility index (Phi) is 5.55. The molecule has 2 aromatic rings. The average Bonchev–Trinajstić information content (AvgIpc) is 2.60. The number of halogens is 2. The molecule has 0 unspecified atom stereocenters. The number of hydrogen-bond donors (Lipinski definition) is 1. The van der Waals surface area contributed by atoms with Crippen LogP contribution in [-0.4, -0.2) is 43.5 Å². The number of sulfonamides is 1. The monoisotopic (exact) mass is 440 g/mol. The van der Waals surface area contributed by atoms with Gasteiger partial charge in [0.2, 0.25) is 10.0 Å². The van der Waals surface area contributed by atoms with Gasteiger partial charge in [-0.1, -0.05) is 35.3 Å². The molecule has 146 valence electrons. The van der Waals surface area contributed by atoms with Gasteiger partial charge in [0.1, 0.15) is 22.7 Å². The minimum Gasteiger partial charge on any atom is -0.492 e. The van der Waals surface area contributed by atoms with Crippen LogP contribution in [0.4, 0.5) is 5.69 Å². The molecule has 1 N–H and O–H groups in total. The van der Waals surface area contributed by atoms with Gasteiger partial charge in [-0.05, 0) is 30.3 Å². The molecule has 1 fully saturated rings. The van der Waals surface area contributed by atoms with Crippen LogP contribution in [0, 0.1) is 12.0 Å². The van der Waals surface area contributed by atoms with E-state index in [0.717, 1.165) is 4.31 Å². The van der Waals surface area contributed by atoms with Gasteiger partial charge in [0.15, 0.2) is 5.69 Å². The van der Waals surface area contributed by atoms with Gasteiger partial charge < -0.3 is 9.84 Å². The summed E-state index contributed by atoms with van der Waals surface area (Å²) in [5.74, 6) is -0.756. The van der Waals surface area contributed by atoms with Gasteiger partial charge in [-0.2, -0.15) is 4.31 Å². The fourth-order valence-electron chi connectivity index (χ4n) is 2.75. The molecule has 7 nitrogen and oxygen atoms in total. The van der Waals surface area contributed by atoms with Crippen molar-refractivity contribution in [3.63, 3.8) is 0 Å². The third kappa shape index (κ3) is 3.80. The number of carboxylic acid groups (broad SMARTS) is 1. The third-order valence-electron chi connectivity index (χ3n) is 4.40. The van der Waals surface area contributed by atoms with Gasteiger partial charge in [0, 0.05) is 18.1 Å². The van der Waals surface area contributed by atoms with Crippen LogP contribution in [0.3, 0.4) is 0 Å². The Morgan fingerprint density at radius 1 is 1.21 bits per heavy atom. The summed E-state index contributed by atoms with van der Waals surface area (Å²) >= 11 is 11.8. The van der Waals surface area contributed by atoms with Gasteiger partial charge in [0.25, 0.3) is 0 Å². The number of benzene rings is 2. The highest BCUT2D eigenvalue weighted by molar-refractivity contribution is 7.89. The molecule has 2 aromatic carbocycles. The lowest BCUT2D eigenvalue weighted by Crippen LogP contribution is -2.64. The number of carboxylic acids is 1. The number of hydrogen-bond acceptors (Lipinski definition) is 4. The van der Waals surface area contributed by atoms with Gasteiger partial charge in [-0.15, -0.1) is 0 Å². The van der Waals surface area contributed by atoms with Crippen molar-refractivity contribution in [2.24, 2.45) is 5.41 Å². The Morgan fingerprint density at radius 2 is 1.86 bits per heavy atom. The van der Waals surface area contributed by atoms with Crippen LogP contribution >= 0.6 is 23.2 Å². The number of carbonyl (C=O) groups is 1. The largest absolute Gasteiger partial charge is 0.492 e. The second-order valence-corrected chi connectivity index (χ2v) is 9.08. The van der Waals surface area contributed by atoms with Crippen molar-refractivity contribution >= 4 is 44.9 Å². The van der Waals surface area contributed by atoms with E-state index in [9.17, 15) is 18.3 Å². The lowest BCUT2D eigenvalue weighted by atomic mass is 9.83. The molecule has 0 atom stereocenters. The first kappa shape index (κ1) is 20.4. The Morgan fingerprint density at radius 3 is 2.39 bits per heavy atom. The molecule has 1 aliphatic heterocycles. The molecule has 1 saturated heterocycles. The van der Waals surface area contributed by atoms with Crippen molar-refractivity contribution < 1.29 is 23.1 Å². The quantitative estimate of drug-likeness (QED) is 0.691. The highest BCUT2D eigenvalue weighted by Gasteiger charge is 2.55. The lowest BCUT2D eigenvalue weighted by Gasteiger charge is -2.45. The zero-order valence-electron chi connectivity index (χ0n) is 14.3. The van der Waals surface area contributed by atoms with E-state index < -0.39 is 21.4 Å². The van der Waals surface area contributed by atoms with Crippen LogP contribution in [-0.2, 0) is 14.8 Å². The Bertz CT molecular complexity index is 1060. The highest BCUT2D eigenvalue weighted by atomic mass is 35.5. The maximum absolute atomic E-state index is 12.7. The summed E-state index contributed by atoms with van der Waals surface area (Å²) in [5.41, 5.74) is -0.939. The Hall–Kier alpha value is -2.31. The molecular weight excluding hydrogens is 427 g/mol. The lowest BCUT2D eigenvalue weighted by molar-refractivity contribution is -0.159. The first-order chi connectivity index (χ1) is 13.2. The summed E-state index contributed by atoms with van der Waals surface area (Å²) in [4.78, 5) is 14.9. The number of nitrogens with zero attached hydrogens (tertiary/aromatic N) is 2. The normalized spacial score (nSPS) is 16.0. The Labute approximate surface area is 171 Å². The zero-order valence-corrected chi connectivity index (χ0v) is 16.6. The predicted octanol–water partition coefficient (Wildman–Crippen LogP) is 3.70. The van der Waals surface area contributed by atoms with Crippen molar-refractivity contribution in [1.29, 1.82) is 0 Å². The van der Waals surface area contributed by atoms with E-state index >= 15 is 0 Å². The number of rotatable bonds is 6. The summed E-state index contributed by atoms with van der Waals surface area (Å²) < 4.78 is 32.1. The molecule has 0 spiro atoms. The van der Waals surface area contributed by atoms with E-state index in [0.29, 0.717) is 16.5 Å². The molecule has 1 aliphatic rings. The van der Waals surface area contributed by atoms with Crippen molar-refractivity contribution in [1.82, 2.24) is 4.31 Å². The zero-order chi connectivity index (χ0) is 20.5. The van der Waals surface area contributed by atoms with Crippen LogP contribution in [0.5, 0.6) is 5.75 Å². The fourth-order valence-corrected chi connectivity index (χ4v) is 5.11. The number of aliphatic carboxylic acids is 1. The molecule has 0 amide bonds. The maximum Gasteiger partial charge on any atom is 0.315 e. The molecule has 0 bridgehead atoms. The van der Waals surface area contributed by atoms with Crippen molar-refractivity contribution in [2.75, 3.05) is 19.7 Å². The van der Waals surface area contributed by atoms with E-state index in [4.69, 9.17) is 34.5 Å². The van der Waals surface area contributed by atoms with Crippen LogP contribution < -0.4 is 4.74 Å². The van der Waals surface area contributed by atoms with E-state index in [1.165, 1.54) is 18.2 Å². The van der Waals surface area contributed by atoms with Gasteiger partial charge in [-0.3, -0.25) is 4.79 Å². The first-order valence-electron chi connectivity index (χ1n) is 7.97. The van der Waals surface area contributed by atoms with Crippen LogP contribution in [0.15, 0.2) is 47.4 Å². The third-order valence-corrected chi connectivity index (χ3v) is 6.91. The topological polar surface area (TPSA) is 88.3 Å². The van der Waals surface area contributed by atoms with Gasteiger partial charge in [-0.25, -0.2) is 13.3 Å². The average molecular weight is 441 g/mol. The van der Waals surface area contributed by atoms with Crippen LogP contribution in [0.25, 0.3) is 4.85 Å². The van der Waals surface area contributed by atoms with E-state index in [1.54, 1.807) is 24.3 Å². The standard InChI is InChI=1S/C18H14Cl2N2O5S/c1-21-13-3-5-14(6-4-13)27-11-18(17(23)24)9-22(10-18)28(25,26)16-7-2-12(19)8-15(16)20/h2-8H,9-11H2,(H,23,24). The SMILES string of the molecule is [C-]#[N+]c1ccc(OCC2(C(=O)O)CN(S(=O)(=O)c3ccc(Cl)cc3Cl)C2)cc1. The van der Waals surface area contributed by atoms with Crippen LogP contribution in [0.1, 0.15) is 0 Å². The molecule has 1 heterocycles. The van der Waals surface area contributed by atoms with E-state index in [-0.39, 0.29) is 29.6 Å². The Balaban J connectivity index is 1.73. The molecule has 0 aromatic heterocycles. The minimum atomic E-state index is -3.96. The van der Waals surface area contributed by atoms with Crippen molar-refractivity contribution in [3.05, 3.63) is 63.9 Å².